The van der Waals surface area contributed by atoms with Gasteiger partial charge in [-0.3, -0.25) is 4.79 Å². The number of carbonyl (C=O) groups excluding carboxylic acids is 1. The van der Waals surface area contributed by atoms with Gasteiger partial charge in [0, 0.05) is 10.6 Å². The molecule has 0 bridgehead atoms. The molecular formula is C21H17ClN2O5. The predicted octanol–water partition coefficient (Wildman–Crippen LogP) is 3.80. The molecule has 0 heterocycles. The lowest BCUT2D eigenvalue weighted by Gasteiger charge is -2.07. The summed E-state index contributed by atoms with van der Waals surface area (Å²) in [5.41, 5.74) is 3.83. The molecule has 0 unspecified atom stereocenters. The zero-order valence-corrected chi connectivity index (χ0v) is 15.8. The van der Waals surface area contributed by atoms with Crippen molar-refractivity contribution in [2.24, 2.45) is 5.10 Å². The fourth-order valence-corrected chi connectivity index (χ4v) is 2.66. The Morgan fingerprint density at radius 1 is 1.03 bits per heavy atom. The van der Waals surface area contributed by atoms with E-state index in [1.165, 1.54) is 6.21 Å². The molecule has 0 radical (unpaired) electrons. The third kappa shape index (κ3) is 5.40. The minimum Gasteiger partial charge on any atom is -0.504 e. The zero-order valence-electron chi connectivity index (χ0n) is 15.0. The first-order chi connectivity index (χ1) is 13.9. The van der Waals surface area contributed by atoms with E-state index < -0.39 is 23.2 Å². The fourth-order valence-electron chi connectivity index (χ4n) is 2.44. The maximum absolute atomic E-state index is 12.0. The molecule has 1 amide bonds. The Hall–Kier alpha value is -3.71. The van der Waals surface area contributed by atoms with E-state index in [9.17, 15) is 20.1 Å². The fraction of sp³-hybridized carbons (Fsp3) is 0.0476. The van der Waals surface area contributed by atoms with Gasteiger partial charge in [-0.05, 0) is 47.5 Å². The van der Waals surface area contributed by atoms with Gasteiger partial charge < -0.3 is 20.1 Å². The predicted molar refractivity (Wildman–Crippen MR) is 109 cm³/mol. The smallest absolute Gasteiger partial charge is 0.271 e. The summed E-state index contributed by atoms with van der Waals surface area (Å²) in [6.45, 7) is 0.353. The van der Waals surface area contributed by atoms with Crippen LogP contribution in [0.15, 0.2) is 65.8 Å². The van der Waals surface area contributed by atoms with Gasteiger partial charge in [0.2, 0.25) is 0 Å². The Morgan fingerprint density at radius 3 is 2.48 bits per heavy atom. The van der Waals surface area contributed by atoms with Crippen LogP contribution in [-0.2, 0) is 6.61 Å². The van der Waals surface area contributed by atoms with Crippen LogP contribution in [0.25, 0.3) is 0 Å². The van der Waals surface area contributed by atoms with E-state index in [2.05, 4.69) is 10.5 Å². The molecule has 7 nitrogen and oxygen atoms in total. The third-order valence-electron chi connectivity index (χ3n) is 3.86. The number of halogens is 1. The number of phenols is 3. The third-order valence-corrected chi connectivity index (χ3v) is 4.10. The van der Waals surface area contributed by atoms with Gasteiger partial charge in [0.1, 0.15) is 12.4 Å². The van der Waals surface area contributed by atoms with Crippen LogP contribution in [0.1, 0.15) is 21.5 Å². The summed E-state index contributed by atoms with van der Waals surface area (Å²) in [5.74, 6) is -1.96. The second-order valence-electron chi connectivity index (χ2n) is 6.05. The van der Waals surface area contributed by atoms with E-state index in [1.54, 1.807) is 30.3 Å². The van der Waals surface area contributed by atoms with Crippen LogP contribution in [0, 0.1) is 0 Å². The van der Waals surface area contributed by atoms with Crippen molar-refractivity contribution in [3.63, 3.8) is 0 Å². The molecular weight excluding hydrogens is 396 g/mol. The van der Waals surface area contributed by atoms with Crippen molar-refractivity contribution in [3.8, 4) is 23.0 Å². The van der Waals surface area contributed by atoms with Crippen molar-refractivity contribution in [1.29, 1.82) is 0 Å². The number of hydrogen-bond donors (Lipinski definition) is 4. The minimum absolute atomic E-state index is 0.0615. The van der Waals surface area contributed by atoms with Gasteiger partial charge in [-0.25, -0.2) is 5.43 Å². The standard InChI is InChI=1S/C21H17ClN2O5/c22-16-5-1-4-14(7-16)12-29-17-6-2-3-13(8-17)11-23-24-21(28)15-9-18(25)20(27)19(26)10-15/h1-11,25-27H,12H2,(H,24,28)/b23-11+. The number of hydrogen-bond acceptors (Lipinski definition) is 6. The highest BCUT2D eigenvalue weighted by Gasteiger charge is 2.12. The normalized spacial score (nSPS) is 10.8. The Bertz CT molecular complexity index is 1050. The van der Waals surface area contributed by atoms with Gasteiger partial charge in [-0.2, -0.15) is 5.10 Å². The molecule has 0 atom stereocenters. The highest BCUT2D eigenvalue weighted by Crippen LogP contribution is 2.35. The number of phenolic OH excluding ortho intramolecular Hbond substituents is 3. The molecule has 0 aliphatic rings. The highest BCUT2D eigenvalue weighted by atomic mass is 35.5. The van der Waals surface area contributed by atoms with E-state index in [0.717, 1.165) is 17.7 Å². The summed E-state index contributed by atoms with van der Waals surface area (Å²) in [6.07, 6.45) is 1.42. The van der Waals surface area contributed by atoms with Gasteiger partial charge in [-0.15, -0.1) is 0 Å². The highest BCUT2D eigenvalue weighted by molar-refractivity contribution is 6.30. The molecule has 148 valence electrons. The molecule has 0 saturated carbocycles. The van der Waals surface area contributed by atoms with Crippen LogP contribution < -0.4 is 10.2 Å². The number of benzene rings is 3. The second kappa shape index (κ2) is 8.99. The summed E-state index contributed by atoms with van der Waals surface area (Å²) in [4.78, 5) is 12.0. The lowest BCUT2D eigenvalue weighted by Crippen LogP contribution is -2.17. The molecule has 0 aliphatic carbocycles. The van der Waals surface area contributed by atoms with Crippen molar-refractivity contribution in [3.05, 3.63) is 82.4 Å². The van der Waals surface area contributed by atoms with E-state index in [1.807, 2.05) is 18.2 Å². The Morgan fingerprint density at radius 2 is 1.76 bits per heavy atom. The molecule has 3 rings (SSSR count). The quantitative estimate of drug-likeness (QED) is 0.279. The monoisotopic (exact) mass is 412 g/mol. The van der Waals surface area contributed by atoms with Crippen LogP contribution in [0.4, 0.5) is 0 Å². The van der Waals surface area contributed by atoms with Crippen molar-refractivity contribution in [2.75, 3.05) is 0 Å². The maximum Gasteiger partial charge on any atom is 0.271 e. The zero-order chi connectivity index (χ0) is 20.8. The Kier molecular flexibility index (Phi) is 6.21. The van der Waals surface area contributed by atoms with Crippen molar-refractivity contribution in [1.82, 2.24) is 5.43 Å². The summed E-state index contributed by atoms with van der Waals surface area (Å²) in [6, 6.07) is 16.5. The van der Waals surface area contributed by atoms with Crippen LogP contribution in [-0.4, -0.2) is 27.4 Å². The lowest BCUT2D eigenvalue weighted by molar-refractivity contribution is 0.0954. The van der Waals surface area contributed by atoms with Gasteiger partial charge in [0.15, 0.2) is 17.2 Å². The molecule has 29 heavy (non-hydrogen) atoms. The first-order valence-corrected chi connectivity index (χ1v) is 8.86. The van der Waals surface area contributed by atoms with Crippen LogP contribution >= 0.6 is 11.6 Å². The lowest BCUT2D eigenvalue weighted by atomic mass is 10.2. The van der Waals surface area contributed by atoms with Crippen LogP contribution in [0.5, 0.6) is 23.0 Å². The maximum atomic E-state index is 12.0. The van der Waals surface area contributed by atoms with Gasteiger partial charge in [0.25, 0.3) is 5.91 Å². The number of nitrogens with zero attached hydrogens (tertiary/aromatic N) is 1. The SMILES string of the molecule is O=C(N/N=C/c1cccc(OCc2cccc(Cl)c2)c1)c1cc(O)c(O)c(O)c1. The largest absolute Gasteiger partial charge is 0.504 e. The summed E-state index contributed by atoms with van der Waals surface area (Å²) in [5, 5.41) is 32.7. The molecule has 0 aromatic heterocycles. The van der Waals surface area contributed by atoms with Crippen molar-refractivity contribution < 1.29 is 24.9 Å². The van der Waals surface area contributed by atoms with Gasteiger partial charge in [-0.1, -0.05) is 35.9 Å². The molecule has 4 N–H and O–H groups in total. The van der Waals surface area contributed by atoms with Crippen LogP contribution in [0.3, 0.4) is 0 Å². The first kappa shape index (κ1) is 20.0. The van der Waals surface area contributed by atoms with Gasteiger partial charge in [0.05, 0.1) is 6.21 Å². The molecule has 0 saturated heterocycles. The number of carbonyl (C=O) groups is 1. The Labute approximate surface area is 171 Å². The van der Waals surface area contributed by atoms with E-state index in [-0.39, 0.29) is 5.56 Å². The molecule has 8 heteroatoms. The van der Waals surface area contributed by atoms with Crippen LogP contribution in [0.2, 0.25) is 5.02 Å². The topological polar surface area (TPSA) is 111 Å². The summed E-state index contributed by atoms with van der Waals surface area (Å²) < 4.78 is 5.74. The second-order valence-corrected chi connectivity index (χ2v) is 6.49. The Balaban J connectivity index is 1.61. The molecule has 0 fully saturated rings. The van der Waals surface area contributed by atoms with E-state index in [0.29, 0.717) is 22.9 Å². The molecule has 3 aromatic carbocycles. The average molecular weight is 413 g/mol. The van der Waals surface area contributed by atoms with Crippen molar-refractivity contribution >= 4 is 23.7 Å². The summed E-state index contributed by atoms with van der Waals surface area (Å²) in [7, 11) is 0. The number of aromatic hydroxyl groups is 3. The number of nitrogens with one attached hydrogen (secondary N) is 1. The van der Waals surface area contributed by atoms with Gasteiger partial charge >= 0.3 is 0 Å². The number of amides is 1. The first-order valence-electron chi connectivity index (χ1n) is 8.48. The molecule has 3 aromatic rings. The van der Waals surface area contributed by atoms with E-state index in [4.69, 9.17) is 16.3 Å². The number of rotatable bonds is 6. The molecule has 0 spiro atoms. The minimum atomic E-state index is -0.695. The van der Waals surface area contributed by atoms with E-state index >= 15 is 0 Å². The van der Waals surface area contributed by atoms with Crippen molar-refractivity contribution in [2.45, 2.75) is 6.61 Å². The number of ether oxygens (including phenoxy) is 1. The molecule has 0 aliphatic heterocycles. The number of hydrazone groups is 1. The summed E-state index contributed by atoms with van der Waals surface area (Å²) >= 11 is 5.96. The average Bonchev–Trinajstić information content (AvgIpc) is 2.70.